The zero-order chi connectivity index (χ0) is 18.2. The van der Waals surface area contributed by atoms with E-state index in [2.05, 4.69) is 15.4 Å². The summed E-state index contributed by atoms with van der Waals surface area (Å²) in [4.78, 5) is 10.3. The molecule has 6 nitrogen and oxygen atoms in total. The second-order valence-corrected chi connectivity index (χ2v) is 9.92. The first-order chi connectivity index (χ1) is 9.57. The lowest BCUT2D eigenvalue weighted by Gasteiger charge is -2.20. The molecule has 0 aromatic carbocycles. The molecule has 1 amide bonds. The van der Waals surface area contributed by atoms with Crippen molar-refractivity contribution in [3.8, 4) is 0 Å². The maximum absolute atomic E-state index is 11.3. The number of sulfonamides is 1. The molecular weight excluding hydrogens is 302 g/mol. The van der Waals surface area contributed by atoms with Crippen LogP contribution < -0.4 is 15.4 Å². The van der Waals surface area contributed by atoms with Gasteiger partial charge in [-0.2, -0.15) is 0 Å². The fraction of sp³-hybridized carbons (Fsp3) is 0.933. The van der Waals surface area contributed by atoms with Crippen molar-refractivity contribution in [3.63, 3.8) is 0 Å². The quantitative estimate of drug-likeness (QED) is 0.665. The average molecular weight is 338 g/mol. The molecule has 0 aliphatic carbocycles. The molecule has 0 saturated heterocycles. The van der Waals surface area contributed by atoms with Crippen LogP contribution in [0.25, 0.3) is 0 Å². The van der Waals surface area contributed by atoms with Gasteiger partial charge >= 0.3 is 0 Å². The second kappa shape index (κ2) is 9.47. The Bertz CT molecular complexity index is 418. The molecule has 0 heterocycles. The van der Waals surface area contributed by atoms with Crippen LogP contribution in [0, 0.1) is 0 Å². The van der Waals surface area contributed by atoms with Gasteiger partial charge in [-0.05, 0) is 55.4 Å². The SMILES string of the molecule is CC(=O)NC(C)(C)C.CC(C)S(=O)(=O)NCCNC(C)(C)C. The van der Waals surface area contributed by atoms with Gasteiger partial charge in [0.25, 0.3) is 0 Å². The van der Waals surface area contributed by atoms with Crippen LogP contribution in [0.4, 0.5) is 0 Å². The lowest BCUT2D eigenvalue weighted by molar-refractivity contribution is -0.120. The summed E-state index contributed by atoms with van der Waals surface area (Å²) in [5.74, 6) is 0.0255. The van der Waals surface area contributed by atoms with Gasteiger partial charge in [-0.15, -0.1) is 0 Å². The molecule has 0 aromatic heterocycles. The Labute approximate surface area is 136 Å². The van der Waals surface area contributed by atoms with Crippen molar-refractivity contribution in [3.05, 3.63) is 0 Å². The van der Waals surface area contributed by atoms with Crippen molar-refractivity contribution in [2.24, 2.45) is 0 Å². The second-order valence-electron chi connectivity index (χ2n) is 7.60. The molecule has 0 unspecified atom stereocenters. The molecule has 7 heteroatoms. The van der Waals surface area contributed by atoms with Gasteiger partial charge in [-0.1, -0.05) is 0 Å². The third-order valence-corrected chi connectivity index (χ3v) is 4.10. The summed E-state index contributed by atoms with van der Waals surface area (Å²) in [6.45, 7) is 17.9. The highest BCUT2D eigenvalue weighted by Crippen LogP contribution is 1.98. The maximum atomic E-state index is 11.3. The maximum Gasteiger partial charge on any atom is 0.217 e. The minimum Gasteiger partial charge on any atom is -0.352 e. The van der Waals surface area contributed by atoms with E-state index in [0.717, 1.165) is 0 Å². The van der Waals surface area contributed by atoms with Gasteiger partial charge in [-0.25, -0.2) is 13.1 Å². The van der Waals surface area contributed by atoms with Gasteiger partial charge in [0, 0.05) is 31.1 Å². The van der Waals surface area contributed by atoms with Gasteiger partial charge in [0.2, 0.25) is 15.9 Å². The van der Waals surface area contributed by atoms with Gasteiger partial charge in [0.15, 0.2) is 0 Å². The smallest absolute Gasteiger partial charge is 0.217 e. The predicted octanol–water partition coefficient (Wildman–Crippen LogP) is 1.62. The number of hydrogen-bond acceptors (Lipinski definition) is 4. The zero-order valence-electron chi connectivity index (χ0n) is 15.6. The van der Waals surface area contributed by atoms with Crippen molar-refractivity contribution < 1.29 is 13.2 Å². The van der Waals surface area contributed by atoms with E-state index in [1.54, 1.807) is 13.8 Å². The van der Waals surface area contributed by atoms with Crippen molar-refractivity contribution in [1.29, 1.82) is 0 Å². The summed E-state index contributed by atoms with van der Waals surface area (Å²) >= 11 is 0. The van der Waals surface area contributed by atoms with Crippen LogP contribution in [0.3, 0.4) is 0 Å². The summed E-state index contributed by atoms with van der Waals surface area (Å²) in [5.41, 5.74) is -0.0465. The Hall–Kier alpha value is -0.660. The monoisotopic (exact) mass is 337 g/mol. The zero-order valence-corrected chi connectivity index (χ0v) is 16.4. The van der Waals surface area contributed by atoms with E-state index in [4.69, 9.17) is 0 Å². The first-order valence-electron chi connectivity index (χ1n) is 7.59. The summed E-state index contributed by atoms with van der Waals surface area (Å²) in [5, 5.41) is 5.59. The van der Waals surface area contributed by atoms with Gasteiger partial charge < -0.3 is 10.6 Å². The molecule has 3 N–H and O–H groups in total. The molecule has 22 heavy (non-hydrogen) atoms. The fourth-order valence-electron chi connectivity index (χ4n) is 1.33. The predicted molar refractivity (Wildman–Crippen MR) is 93.4 cm³/mol. The van der Waals surface area contributed by atoms with Crippen molar-refractivity contribution in [2.45, 2.75) is 78.6 Å². The number of rotatable bonds is 5. The first kappa shape index (κ1) is 23.6. The highest BCUT2D eigenvalue weighted by atomic mass is 32.2. The average Bonchev–Trinajstić information content (AvgIpc) is 2.20. The molecule has 0 saturated carbocycles. The Balaban J connectivity index is 0. The van der Waals surface area contributed by atoms with Crippen LogP contribution in [0.5, 0.6) is 0 Å². The van der Waals surface area contributed by atoms with E-state index in [9.17, 15) is 13.2 Å². The largest absolute Gasteiger partial charge is 0.352 e. The first-order valence-corrected chi connectivity index (χ1v) is 9.14. The van der Waals surface area contributed by atoms with Crippen LogP contribution >= 0.6 is 0 Å². The molecule has 0 rings (SSSR count). The van der Waals surface area contributed by atoms with Crippen LogP contribution in [-0.4, -0.2) is 43.7 Å². The van der Waals surface area contributed by atoms with Crippen LogP contribution in [0.15, 0.2) is 0 Å². The summed E-state index contributed by atoms with van der Waals surface area (Å²) < 4.78 is 25.2. The Kier molecular flexibility index (Phi) is 10.2. The Morgan fingerprint density at radius 1 is 0.955 bits per heavy atom. The third-order valence-electron chi connectivity index (χ3n) is 2.26. The van der Waals surface area contributed by atoms with E-state index >= 15 is 0 Å². The van der Waals surface area contributed by atoms with Crippen molar-refractivity contribution in [1.82, 2.24) is 15.4 Å². The van der Waals surface area contributed by atoms with E-state index in [1.165, 1.54) is 6.92 Å². The minimum absolute atomic E-state index is 0.0255. The standard InChI is InChI=1S/C9H22N2O2S.C6H13NO/c1-8(2)14(12,13)11-7-6-10-9(3,4)5;1-5(8)7-6(2,3)4/h8,10-11H,6-7H2,1-5H3;1-4H3,(H,7,8). The van der Waals surface area contributed by atoms with Gasteiger partial charge in [-0.3, -0.25) is 4.79 Å². The van der Waals surface area contributed by atoms with Gasteiger partial charge in [0.1, 0.15) is 0 Å². The van der Waals surface area contributed by atoms with Gasteiger partial charge in [0.05, 0.1) is 5.25 Å². The molecule has 0 bridgehead atoms. The highest BCUT2D eigenvalue weighted by molar-refractivity contribution is 7.90. The normalized spacial score (nSPS) is 12.6. The van der Waals surface area contributed by atoms with Crippen LogP contribution in [0.2, 0.25) is 0 Å². The highest BCUT2D eigenvalue weighted by Gasteiger charge is 2.15. The topological polar surface area (TPSA) is 87.3 Å². The Morgan fingerprint density at radius 3 is 1.64 bits per heavy atom. The number of amides is 1. The van der Waals surface area contributed by atoms with E-state index in [1.807, 2.05) is 41.5 Å². The molecule has 134 valence electrons. The molecular formula is C15H35N3O3S. The lowest BCUT2D eigenvalue weighted by Crippen LogP contribution is -2.42. The number of carbonyl (C=O) groups excluding carboxylic acids is 1. The molecule has 0 aromatic rings. The van der Waals surface area contributed by atoms with Crippen LogP contribution in [-0.2, 0) is 14.8 Å². The number of nitrogens with one attached hydrogen (secondary N) is 3. The van der Waals surface area contributed by atoms with Crippen molar-refractivity contribution >= 4 is 15.9 Å². The van der Waals surface area contributed by atoms with E-state index < -0.39 is 10.0 Å². The molecule has 0 aliphatic heterocycles. The van der Waals surface area contributed by atoms with E-state index in [-0.39, 0.29) is 22.2 Å². The summed E-state index contributed by atoms with van der Waals surface area (Å²) in [6, 6.07) is 0. The molecule has 0 fully saturated rings. The fourth-order valence-corrected chi connectivity index (χ4v) is 2.05. The summed E-state index contributed by atoms with van der Waals surface area (Å²) in [7, 11) is -3.11. The minimum atomic E-state index is -3.11. The number of carbonyl (C=O) groups is 1. The molecule has 0 radical (unpaired) electrons. The Morgan fingerprint density at radius 2 is 1.41 bits per heavy atom. The third kappa shape index (κ3) is 17.4. The van der Waals surface area contributed by atoms with Crippen molar-refractivity contribution in [2.75, 3.05) is 13.1 Å². The molecule has 0 atom stereocenters. The lowest BCUT2D eigenvalue weighted by atomic mass is 10.1. The van der Waals surface area contributed by atoms with E-state index in [0.29, 0.717) is 13.1 Å². The number of hydrogen-bond donors (Lipinski definition) is 3. The molecule has 0 aliphatic rings. The van der Waals surface area contributed by atoms with Crippen LogP contribution in [0.1, 0.15) is 62.3 Å². The molecule has 0 spiro atoms. The summed E-state index contributed by atoms with van der Waals surface area (Å²) in [6.07, 6.45) is 0.